The van der Waals surface area contributed by atoms with Crippen LogP contribution in [-0.2, 0) is 0 Å². The summed E-state index contributed by atoms with van der Waals surface area (Å²) in [5.74, 6) is 0.834. The quantitative estimate of drug-likeness (QED) is 0.678. The van der Waals surface area contributed by atoms with Crippen LogP contribution in [0, 0.1) is 5.92 Å². The van der Waals surface area contributed by atoms with E-state index in [4.69, 9.17) is 0 Å². The largest absolute Gasteiger partial charge is 0.375 e. The summed E-state index contributed by atoms with van der Waals surface area (Å²) in [4.78, 5) is 2.63. The van der Waals surface area contributed by atoms with E-state index in [-0.39, 0.29) is 0 Å². The van der Waals surface area contributed by atoms with Crippen LogP contribution in [0.3, 0.4) is 0 Å². The Labute approximate surface area is 93.9 Å². The molecule has 0 N–H and O–H groups in total. The summed E-state index contributed by atoms with van der Waals surface area (Å²) < 4.78 is 0. The highest BCUT2D eigenvalue weighted by Crippen LogP contribution is 2.34. The zero-order valence-corrected chi connectivity index (χ0v) is 10.1. The van der Waals surface area contributed by atoms with Gasteiger partial charge in [0.2, 0.25) is 0 Å². The fraction of sp³-hybridized carbons (Fsp3) is 0.714. The van der Waals surface area contributed by atoms with Crippen LogP contribution in [-0.4, -0.2) is 18.0 Å². The molecule has 1 saturated heterocycles. The molecule has 0 aromatic heterocycles. The maximum Gasteiger partial charge on any atom is 0.0175 e. The third-order valence-electron chi connectivity index (χ3n) is 3.65. The average molecular weight is 205 g/mol. The molecule has 0 amide bonds. The molecule has 1 unspecified atom stereocenters. The molecule has 0 bridgehead atoms. The Morgan fingerprint density at radius 1 is 1.40 bits per heavy atom. The van der Waals surface area contributed by atoms with Crippen LogP contribution < -0.4 is 0 Å². The van der Waals surface area contributed by atoms with Crippen molar-refractivity contribution in [2.24, 2.45) is 5.92 Å². The smallest absolute Gasteiger partial charge is 0.0175 e. The van der Waals surface area contributed by atoms with E-state index in [1.54, 1.807) is 11.3 Å². The predicted molar refractivity (Wildman–Crippen MR) is 65.7 cm³/mol. The topological polar surface area (TPSA) is 3.24 Å². The number of nitrogens with zero attached hydrogens (tertiary/aromatic N) is 1. The second-order valence-corrected chi connectivity index (χ2v) is 4.99. The number of likely N-dealkylation sites (tertiary alicyclic amines) is 1. The van der Waals surface area contributed by atoms with Gasteiger partial charge >= 0.3 is 0 Å². The van der Waals surface area contributed by atoms with Crippen molar-refractivity contribution in [2.45, 2.75) is 46.0 Å². The Hall–Kier alpha value is -0.720. The van der Waals surface area contributed by atoms with Gasteiger partial charge in [0.25, 0.3) is 0 Å². The van der Waals surface area contributed by atoms with Crippen molar-refractivity contribution < 1.29 is 0 Å². The summed E-state index contributed by atoms with van der Waals surface area (Å²) in [6, 6.07) is 0. The van der Waals surface area contributed by atoms with Crippen LogP contribution in [0.25, 0.3) is 0 Å². The van der Waals surface area contributed by atoms with E-state index >= 15 is 0 Å². The summed E-state index contributed by atoms with van der Waals surface area (Å²) >= 11 is 0. The lowest BCUT2D eigenvalue weighted by Gasteiger charge is -2.39. The van der Waals surface area contributed by atoms with E-state index in [9.17, 15) is 0 Å². The van der Waals surface area contributed by atoms with Gasteiger partial charge in [-0.2, -0.15) is 0 Å². The molecule has 0 aromatic carbocycles. The number of hydrogen-bond donors (Lipinski definition) is 0. The summed E-state index contributed by atoms with van der Waals surface area (Å²) in [6.07, 6.45) is 11.4. The number of fused-ring (bicyclic) bond motifs is 1. The van der Waals surface area contributed by atoms with Crippen molar-refractivity contribution in [1.29, 1.82) is 0 Å². The molecular weight excluding hydrogens is 182 g/mol. The molecule has 1 atom stereocenters. The van der Waals surface area contributed by atoms with Gasteiger partial charge in [-0.25, -0.2) is 0 Å². The molecule has 2 aliphatic rings. The Kier molecular flexibility index (Phi) is 3.50. The Balaban J connectivity index is 2.05. The molecule has 0 spiro atoms. The first-order valence-corrected chi connectivity index (χ1v) is 6.43. The van der Waals surface area contributed by atoms with Gasteiger partial charge in [-0.05, 0) is 38.7 Å². The van der Waals surface area contributed by atoms with Gasteiger partial charge in [-0.1, -0.05) is 25.0 Å². The van der Waals surface area contributed by atoms with Gasteiger partial charge in [0.1, 0.15) is 0 Å². The molecule has 1 heteroatoms. The molecule has 84 valence electrons. The van der Waals surface area contributed by atoms with Gasteiger partial charge in [-0.15, -0.1) is 0 Å². The molecule has 0 radical (unpaired) electrons. The van der Waals surface area contributed by atoms with E-state index in [2.05, 4.69) is 30.9 Å². The normalized spacial score (nSPS) is 25.7. The molecule has 1 fully saturated rings. The molecular formula is C14H23N. The highest BCUT2D eigenvalue weighted by atomic mass is 15.1. The van der Waals surface area contributed by atoms with E-state index in [1.165, 1.54) is 45.2 Å². The van der Waals surface area contributed by atoms with Crippen molar-refractivity contribution in [3.8, 4) is 0 Å². The number of hydrogen-bond acceptors (Lipinski definition) is 1. The van der Waals surface area contributed by atoms with Gasteiger partial charge in [0.05, 0.1) is 0 Å². The lowest BCUT2D eigenvalue weighted by Crippen LogP contribution is -2.34. The van der Waals surface area contributed by atoms with Crippen molar-refractivity contribution in [2.75, 3.05) is 13.1 Å². The summed E-state index contributed by atoms with van der Waals surface area (Å²) in [7, 11) is 0. The molecule has 2 rings (SSSR count). The van der Waals surface area contributed by atoms with Crippen LogP contribution in [0.4, 0.5) is 0 Å². The van der Waals surface area contributed by atoms with E-state index in [0.717, 1.165) is 5.92 Å². The van der Waals surface area contributed by atoms with Crippen molar-refractivity contribution in [3.05, 3.63) is 23.4 Å². The standard InChI is InChI=1S/C14H23N/c1-3-4-9-15-10-5-6-13-11-12(2)7-8-14(13)15/h7-8,13H,3-6,9-11H2,1-2H3. The molecule has 0 aromatic rings. The van der Waals surface area contributed by atoms with Gasteiger partial charge in [0.15, 0.2) is 0 Å². The lowest BCUT2D eigenvalue weighted by atomic mass is 9.85. The molecule has 15 heavy (non-hydrogen) atoms. The van der Waals surface area contributed by atoms with Gasteiger partial charge in [-0.3, -0.25) is 0 Å². The Bertz CT molecular complexity index is 275. The molecule has 1 aliphatic carbocycles. The summed E-state index contributed by atoms with van der Waals surface area (Å²) in [5, 5.41) is 0. The van der Waals surface area contributed by atoms with E-state index in [0.29, 0.717) is 0 Å². The third-order valence-corrected chi connectivity index (χ3v) is 3.65. The molecule has 1 aliphatic heterocycles. The van der Waals surface area contributed by atoms with Crippen molar-refractivity contribution >= 4 is 0 Å². The first-order chi connectivity index (χ1) is 7.31. The first-order valence-electron chi connectivity index (χ1n) is 6.43. The highest BCUT2D eigenvalue weighted by Gasteiger charge is 2.25. The van der Waals surface area contributed by atoms with Crippen molar-refractivity contribution in [3.63, 3.8) is 0 Å². The lowest BCUT2D eigenvalue weighted by molar-refractivity contribution is 0.235. The minimum atomic E-state index is 0.834. The second kappa shape index (κ2) is 4.87. The van der Waals surface area contributed by atoms with Crippen molar-refractivity contribution in [1.82, 2.24) is 4.90 Å². The molecule has 1 heterocycles. The number of allylic oxidation sites excluding steroid dienone is 4. The molecule has 0 saturated carbocycles. The number of piperidine rings is 1. The third kappa shape index (κ3) is 2.45. The minimum absolute atomic E-state index is 0.834. The van der Waals surface area contributed by atoms with Crippen LogP contribution >= 0.6 is 0 Å². The average Bonchev–Trinajstić information content (AvgIpc) is 2.25. The van der Waals surface area contributed by atoms with Crippen LogP contribution in [0.1, 0.15) is 46.0 Å². The van der Waals surface area contributed by atoms with Crippen LogP contribution in [0.5, 0.6) is 0 Å². The Morgan fingerprint density at radius 3 is 3.07 bits per heavy atom. The van der Waals surface area contributed by atoms with E-state index < -0.39 is 0 Å². The SMILES string of the molecule is CCCCN1CCCC2CC(C)=CC=C21. The fourth-order valence-electron chi connectivity index (χ4n) is 2.79. The zero-order valence-electron chi connectivity index (χ0n) is 10.1. The summed E-state index contributed by atoms with van der Waals surface area (Å²) in [6.45, 7) is 7.10. The summed E-state index contributed by atoms with van der Waals surface area (Å²) in [5.41, 5.74) is 3.18. The monoisotopic (exact) mass is 205 g/mol. The van der Waals surface area contributed by atoms with Gasteiger partial charge in [0, 0.05) is 24.7 Å². The zero-order chi connectivity index (χ0) is 10.7. The predicted octanol–water partition coefficient (Wildman–Crippen LogP) is 3.73. The fourth-order valence-corrected chi connectivity index (χ4v) is 2.79. The van der Waals surface area contributed by atoms with Crippen LogP contribution in [0.15, 0.2) is 23.4 Å². The maximum absolute atomic E-state index is 2.63. The van der Waals surface area contributed by atoms with Crippen LogP contribution in [0.2, 0.25) is 0 Å². The van der Waals surface area contributed by atoms with Gasteiger partial charge < -0.3 is 4.90 Å². The number of rotatable bonds is 3. The first kappa shape index (κ1) is 10.8. The highest BCUT2D eigenvalue weighted by molar-refractivity contribution is 5.26. The Morgan fingerprint density at radius 2 is 2.27 bits per heavy atom. The maximum atomic E-state index is 2.63. The molecule has 1 nitrogen and oxygen atoms in total. The second-order valence-electron chi connectivity index (χ2n) is 4.99. The number of unbranched alkanes of at least 4 members (excludes halogenated alkanes) is 1. The minimum Gasteiger partial charge on any atom is -0.375 e. The van der Waals surface area contributed by atoms with E-state index in [1.807, 2.05) is 0 Å².